The highest BCUT2D eigenvalue weighted by Gasteiger charge is 2.27. The molecule has 0 saturated carbocycles. The fourth-order valence-corrected chi connectivity index (χ4v) is 2.82. The molecule has 0 amide bonds. The maximum atomic E-state index is 13.3. The zero-order valence-electron chi connectivity index (χ0n) is 11.2. The van der Waals surface area contributed by atoms with Gasteiger partial charge in [-0.2, -0.15) is 9.38 Å². The van der Waals surface area contributed by atoms with E-state index < -0.39 is 10.7 Å². The molecule has 11 heteroatoms. The minimum Gasteiger partial charge on any atom is -0.358 e. The van der Waals surface area contributed by atoms with E-state index in [1.807, 2.05) is 0 Å². The highest BCUT2D eigenvalue weighted by atomic mass is 32.1. The van der Waals surface area contributed by atoms with Crippen LogP contribution in [0, 0.1) is 15.9 Å². The van der Waals surface area contributed by atoms with Crippen LogP contribution in [0.5, 0.6) is 0 Å². The molecule has 0 aliphatic rings. The van der Waals surface area contributed by atoms with E-state index in [-0.39, 0.29) is 17.5 Å². The average molecular weight is 331 g/mol. The van der Waals surface area contributed by atoms with Gasteiger partial charge < -0.3 is 10.1 Å². The summed E-state index contributed by atoms with van der Waals surface area (Å²) in [5.74, 6) is -0.594. The normalized spacial score (nSPS) is 11.2. The lowest BCUT2D eigenvalue weighted by Crippen LogP contribution is -2.04. The van der Waals surface area contributed by atoms with Crippen molar-refractivity contribution in [1.82, 2.24) is 29.6 Å². The van der Waals surface area contributed by atoms with E-state index in [4.69, 9.17) is 0 Å². The molecule has 4 aromatic rings. The van der Waals surface area contributed by atoms with Crippen molar-refractivity contribution in [1.29, 1.82) is 0 Å². The molecule has 3 heterocycles. The van der Waals surface area contributed by atoms with Crippen molar-refractivity contribution in [2.75, 3.05) is 0 Å². The van der Waals surface area contributed by atoms with Crippen molar-refractivity contribution in [3.05, 3.63) is 51.8 Å². The number of halogens is 1. The summed E-state index contributed by atoms with van der Waals surface area (Å²) in [6, 6.07) is 5.68. The second-order valence-corrected chi connectivity index (χ2v) is 5.36. The van der Waals surface area contributed by atoms with Crippen LogP contribution < -0.4 is 0 Å². The number of aromatic nitrogens is 6. The van der Waals surface area contributed by atoms with Gasteiger partial charge in [-0.15, -0.1) is 15.0 Å². The summed E-state index contributed by atoms with van der Waals surface area (Å²) in [6.45, 7) is 0. The third-order valence-electron chi connectivity index (χ3n) is 3.08. The van der Waals surface area contributed by atoms with Gasteiger partial charge in [0.05, 0.1) is 0 Å². The Morgan fingerprint density at radius 2 is 2.22 bits per heavy atom. The Labute approximate surface area is 130 Å². The number of nitro groups is 1. The lowest BCUT2D eigenvalue weighted by Gasteiger charge is -1.95. The zero-order chi connectivity index (χ0) is 16.0. The van der Waals surface area contributed by atoms with Gasteiger partial charge in [0.25, 0.3) is 10.8 Å². The summed E-state index contributed by atoms with van der Waals surface area (Å²) in [6.07, 6.45) is 1.54. The number of tetrazole rings is 1. The van der Waals surface area contributed by atoms with Gasteiger partial charge in [0.15, 0.2) is 0 Å². The minimum absolute atomic E-state index is 0.0444. The van der Waals surface area contributed by atoms with Gasteiger partial charge in [0, 0.05) is 10.9 Å². The van der Waals surface area contributed by atoms with Gasteiger partial charge >= 0.3 is 5.82 Å². The van der Waals surface area contributed by atoms with Gasteiger partial charge in [-0.05, 0) is 22.3 Å². The van der Waals surface area contributed by atoms with Crippen molar-refractivity contribution < 1.29 is 9.31 Å². The average Bonchev–Trinajstić information content (AvgIpc) is 3.21. The Hall–Kier alpha value is -3.21. The molecular formula is C12H6FN7O2S. The fourth-order valence-electron chi connectivity index (χ4n) is 2.11. The predicted octanol–water partition coefficient (Wildman–Crippen LogP) is 2.09. The molecule has 0 saturated heterocycles. The maximum Gasteiger partial charge on any atom is 0.377 e. The van der Waals surface area contributed by atoms with Crippen molar-refractivity contribution in [2.45, 2.75) is 0 Å². The third-order valence-corrected chi connectivity index (χ3v) is 3.83. The van der Waals surface area contributed by atoms with Crippen LogP contribution in [0.3, 0.4) is 0 Å². The van der Waals surface area contributed by atoms with Crippen LogP contribution >= 0.6 is 11.3 Å². The first kappa shape index (κ1) is 13.5. The molecule has 0 atom stereocenters. The highest BCUT2D eigenvalue weighted by molar-refractivity contribution is 7.15. The van der Waals surface area contributed by atoms with E-state index in [9.17, 15) is 14.5 Å². The van der Waals surface area contributed by atoms with Gasteiger partial charge in [0.1, 0.15) is 12.0 Å². The smallest absolute Gasteiger partial charge is 0.358 e. The van der Waals surface area contributed by atoms with Gasteiger partial charge in [-0.25, -0.2) is 4.39 Å². The van der Waals surface area contributed by atoms with E-state index >= 15 is 0 Å². The molecule has 1 aromatic carbocycles. The minimum atomic E-state index is -0.562. The molecule has 0 aliphatic carbocycles. The summed E-state index contributed by atoms with van der Waals surface area (Å²) in [5, 5.41) is 24.6. The first-order valence-electron chi connectivity index (χ1n) is 6.30. The molecule has 9 nitrogen and oxygen atoms in total. The molecule has 0 spiro atoms. The maximum absolute atomic E-state index is 13.3. The summed E-state index contributed by atoms with van der Waals surface area (Å²) >= 11 is 1.25. The largest absolute Gasteiger partial charge is 0.377 e. The topological polar surface area (TPSA) is 104 Å². The molecule has 0 aliphatic heterocycles. The number of nitrogens with zero attached hydrogens (tertiary/aromatic N) is 7. The Morgan fingerprint density at radius 3 is 3.00 bits per heavy atom. The number of rotatable bonds is 3. The zero-order valence-corrected chi connectivity index (χ0v) is 12.0. The Bertz CT molecular complexity index is 1040. The third kappa shape index (κ3) is 2.14. The molecule has 114 valence electrons. The number of benzene rings is 1. The van der Waals surface area contributed by atoms with Crippen molar-refractivity contribution in [2.24, 2.45) is 0 Å². The number of imidazole rings is 1. The van der Waals surface area contributed by atoms with Gasteiger partial charge in [-0.1, -0.05) is 23.5 Å². The summed E-state index contributed by atoms with van der Waals surface area (Å²) in [4.78, 5) is 16.3. The first-order chi connectivity index (χ1) is 11.1. The molecule has 0 radical (unpaired) electrons. The molecular weight excluding hydrogens is 325 g/mol. The van der Waals surface area contributed by atoms with Crippen LogP contribution in [0.2, 0.25) is 0 Å². The summed E-state index contributed by atoms with van der Waals surface area (Å²) in [5.41, 5.74) is 0.417. The molecule has 4 rings (SSSR count). The standard InChI is InChI=1S/C12H6FN7O2S/c13-8-3-1-2-7(6-8)9-15-17-19(16-9)10-11(20(21)22)18-4-5-23-12(18)14-10/h1-6H. The monoisotopic (exact) mass is 331 g/mol. The Balaban J connectivity index is 1.85. The van der Waals surface area contributed by atoms with Crippen molar-refractivity contribution in [3.63, 3.8) is 0 Å². The van der Waals surface area contributed by atoms with Crippen molar-refractivity contribution >= 4 is 22.1 Å². The first-order valence-corrected chi connectivity index (χ1v) is 7.18. The fraction of sp³-hybridized carbons (Fsp3) is 0. The van der Waals surface area contributed by atoms with Crippen LogP contribution in [0.25, 0.3) is 22.2 Å². The quantitative estimate of drug-likeness (QED) is 0.420. The Morgan fingerprint density at radius 1 is 1.35 bits per heavy atom. The highest BCUT2D eigenvalue weighted by Crippen LogP contribution is 2.26. The molecule has 3 aromatic heterocycles. The number of hydrogen-bond acceptors (Lipinski definition) is 7. The number of thiazole rings is 1. The van der Waals surface area contributed by atoms with Crippen LogP contribution in [0.4, 0.5) is 10.2 Å². The van der Waals surface area contributed by atoms with E-state index in [1.54, 1.807) is 17.6 Å². The summed E-state index contributed by atoms with van der Waals surface area (Å²) in [7, 11) is 0. The van der Waals surface area contributed by atoms with Crippen LogP contribution in [-0.2, 0) is 0 Å². The number of hydrogen-bond donors (Lipinski definition) is 0. The second kappa shape index (κ2) is 4.91. The van der Waals surface area contributed by atoms with Crippen molar-refractivity contribution in [3.8, 4) is 17.2 Å². The van der Waals surface area contributed by atoms with Crippen LogP contribution in [0.1, 0.15) is 0 Å². The molecule has 23 heavy (non-hydrogen) atoms. The SMILES string of the molecule is O=[N+]([O-])c1c(-n2nnc(-c3cccc(F)c3)n2)nc2sccn12. The Kier molecular flexibility index (Phi) is 2.87. The van der Waals surface area contributed by atoms with Crippen LogP contribution in [-0.4, -0.2) is 34.5 Å². The van der Waals surface area contributed by atoms with E-state index in [2.05, 4.69) is 20.4 Å². The molecule has 0 fully saturated rings. The van der Waals surface area contributed by atoms with E-state index in [1.165, 1.54) is 33.9 Å². The molecule has 0 unspecified atom stereocenters. The summed E-state index contributed by atoms with van der Waals surface area (Å²) < 4.78 is 14.6. The second-order valence-electron chi connectivity index (χ2n) is 4.48. The van der Waals surface area contributed by atoms with Gasteiger partial charge in [0.2, 0.25) is 5.82 Å². The molecule has 0 bridgehead atoms. The van der Waals surface area contributed by atoms with Crippen LogP contribution in [0.15, 0.2) is 35.8 Å². The lowest BCUT2D eigenvalue weighted by atomic mass is 10.2. The lowest BCUT2D eigenvalue weighted by molar-refractivity contribution is -0.390. The van der Waals surface area contributed by atoms with Gasteiger partial charge in [-0.3, -0.25) is 0 Å². The molecule has 0 N–H and O–H groups in total. The van der Waals surface area contributed by atoms with E-state index in [0.29, 0.717) is 10.5 Å². The predicted molar refractivity (Wildman–Crippen MR) is 77.8 cm³/mol. The van der Waals surface area contributed by atoms with E-state index in [0.717, 1.165) is 4.80 Å². The number of fused-ring (bicyclic) bond motifs is 1.